The largest absolute Gasteiger partial charge is 0.489 e. The molecule has 0 saturated carbocycles. The molecule has 0 radical (unpaired) electrons. The molecule has 4 rings (SSSR count). The highest BCUT2D eigenvalue weighted by molar-refractivity contribution is 6.18. The number of likely N-dealkylation sites (N-methyl/N-ethyl adjacent to an activating group) is 1. The SMILES string of the molecule is CN(Cc1ccccc1)C(=O)/C(=C\c1ccc(OCc2ccccc2)cc1)n1ccccc1=O. The van der Waals surface area contributed by atoms with E-state index in [1.165, 1.54) is 10.6 Å². The van der Waals surface area contributed by atoms with Crippen LogP contribution >= 0.6 is 0 Å². The Morgan fingerprint density at radius 1 is 0.824 bits per heavy atom. The molecule has 0 aliphatic heterocycles. The van der Waals surface area contributed by atoms with Crippen LogP contribution in [0.25, 0.3) is 11.8 Å². The van der Waals surface area contributed by atoms with Gasteiger partial charge in [0, 0.05) is 25.9 Å². The number of rotatable bonds is 8. The summed E-state index contributed by atoms with van der Waals surface area (Å²) in [4.78, 5) is 27.6. The molecule has 0 atom stereocenters. The number of benzene rings is 3. The zero-order valence-electron chi connectivity index (χ0n) is 19.0. The molecule has 170 valence electrons. The van der Waals surface area contributed by atoms with Crippen molar-refractivity contribution in [2.45, 2.75) is 13.2 Å². The summed E-state index contributed by atoms with van der Waals surface area (Å²) in [5, 5.41) is 0. The summed E-state index contributed by atoms with van der Waals surface area (Å²) < 4.78 is 7.24. The lowest BCUT2D eigenvalue weighted by Crippen LogP contribution is -2.32. The normalized spacial score (nSPS) is 11.1. The summed E-state index contributed by atoms with van der Waals surface area (Å²) in [6.07, 6.45) is 3.34. The summed E-state index contributed by atoms with van der Waals surface area (Å²) in [5.74, 6) is 0.480. The van der Waals surface area contributed by atoms with E-state index in [1.807, 2.05) is 84.9 Å². The first kappa shape index (κ1) is 22.8. The first-order chi connectivity index (χ1) is 16.6. The van der Waals surface area contributed by atoms with Gasteiger partial charge in [-0.2, -0.15) is 0 Å². The van der Waals surface area contributed by atoms with E-state index in [4.69, 9.17) is 4.74 Å². The molecule has 0 saturated heterocycles. The summed E-state index contributed by atoms with van der Waals surface area (Å²) >= 11 is 0. The third-order valence-corrected chi connectivity index (χ3v) is 5.34. The van der Waals surface area contributed by atoms with Crippen molar-refractivity contribution in [3.8, 4) is 5.75 Å². The molecule has 0 unspecified atom stereocenters. The zero-order valence-corrected chi connectivity index (χ0v) is 19.0. The van der Waals surface area contributed by atoms with Crippen molar-refractivity contribution >= 4 is 17.7 Å². The van der Waals surface area contributed by atoms with Crippen LogP contribution in [0.3, 0.4) is 0 Å². The number of pyridine rings is 1. The molecule has 1 aromatic heterocycles. The second-order valence-corrected chi connectivity index (χ2v) is 7.93. The highest BCUT2D eigenvalue weighted by atomic mass is 16.5. The lowest BCUT2D eigenvalue weighted by Gasteiger charge is -2.20. The Morgan fingerprint density at radius 3 is 2.09 bits per heavy atom. The molecule has 0 aliphatic carbocycles. The number of nitrogens with zero attached hydrogens (tertiary/aromatic N) is 2. The average molecular weight is 451 g/mol. The van der Waals surface area contributed by atoms with Crippen molar-refractivity contribution in [3.63, 3.8) is 0 Å². The van der Waals surface area contributed by atoms with Gasteiger partial charge >= 0.3 is 0 Å². The Balaban J connectivity index is 1.57. The minimum absolute atomic E-state index is 0.249. The van der Waals surface area contributed by atoms with Crippen molar-refractivity contribution in [3.05, 3.63) is 136 Å². The van der Waals surface area contributed by atoms with E-state index in [2.05, 4.69) is 0 Å². The molecule has 0 aliphatic rings. The van der Waals surface area contributed by atoms with E-state index in [-0.39, 0.29) is 17.2 Å². The van der Waals surface area contributed by atoms with Crippen LogP contribution in [-0.4, -0.2) is 22.4 Å². The molecule has 0 fully saturated rings. The Kier molecular flexibility index (Phi) is 7.35. The Hall–Kier alpha value is -4.38. The first-order valence-corrected chi connectivity index (χ1v) is 11.1. The number of amides is 1. The van der Waals surface area contributed by atoms with Gasteiger partial charge in [0.05, 0.1) is 0 Å². The molecule has 1 heterocycles. The van der Waals surface area contributed by atoms with E-state index >= 15 is 0 Å². The van der Waals surface area contributed by atoms with Crippen LogP contribution in [0, 0.1) is 0 Å². The van der Waals surface area contributed by atoms with E-state index in [9.17, 15) is 9.59 Å². The number of hydrogen-bond donors (Lipinski definition) is 0. The molecule has 1 amide bonds. The van der Waals surface area contributed by atoms with Gasteiger partial charge in [0.15, 0.2) is 0 Å². The zero-order chi connectivity index (χ0) is 23.8. The fraction of sp³-hybridized carbons (Fsp3) is 0.103. The van der Waals surface area contributed by atoms with Gasteiger partial charge in [-0.05, 0) is 41.0 Å². The third kappa shape index (κ3) is 5.90. The number of carbonyl (C=O) groups excluding carboxylic acids is 1. The highest BCUT2D eigenvalue weighted by Crippen LogP contribution is 2.19. The fourth-order valence-electron chi connectivity index (χ4n) is 3.54. The van der Waals surface area contributed by atoms with Crippen molar-refractivity contribution in [1.29, 1.82) is 0 Å². The first-order valence-electron chi connectivity index (χ1n) is 11.1. The van der Waals surface area contributed by atoms with Crippen LogP contribution in [0.5, 0.6) is 5.75 Å². The second-order valence-electron chi connectivity index (χ2n) is 7.93. The van der Waals surface area contributed by atoms with Gasteiger partial charge in [0.1, 0.15) is 18.1 Å². The molecule has 5 nitrogen and oxygen atoms in total. The van der Waals surface area contributed by atoms with Crippen molar-refractivity contribution in [2.75, 3.05) is 7.05 Å². The van der Waals surface area contributed by atoms with E-state index < -0.39 is 0 Å². The van der Waals surface area contributed by atoms with Gasteiger partial charge in [0.25, 0.3) is 11.5 Å². The van der Waals surface area contributed by atoms with Crippen LogP contribution < -0.4 is 10.3 Å². The molecule has 0 N–H and O–H groups in total. The Bertz CT molecular complexity index is 1310. The maximum atomic E-state index is 13.4. The van der Waals surface area contributed by atoms with Crippen LogP contribution in [0.2, 0.25) is 0 Å². The van der Waals surface area contributed by atoms with Gasteiger partial charge in [0.2, 0.25) is 0 Å². The highest BCUT2D eigenvalue weighted by Gasteiger charge is 2.18. The van der Waals surface area contributed by atoms with Crippen molar-refractivity contribution in [1.82, 2.24) is 9.47 Å². The lowest BCUT2D eigenvalue weighted by molar-refractivity contribution is -0.124. The Labute approximate surface area is 199 Å². The number of hydrogen-bond acceptors (Lipinski definition) is 3. The van der Waals surface area contributed by atoms with E-state index in [0.717, 1.165) is 22.4 Å². The topological polar surface area (TPSA) is 51.5 Å². The standard InChI is InChI=1S/C29H26N2O3/c1-30(21-24-10-4-2-5-11-24)29(33)27(31-19-9-8-14-28(31)32)20-23-15-17-26(18-16-23)34-22-25-12-6-3-7-13-25/h2-20H,21-22H2,1H3/b27-20+. The summed E-state index contributed by atoms with van der Waals surface area (Å²) in [6, 6.07) is 32.0. The van der Waals surface area contributed by atoms with Crippen LogP contribution in [-0.2, 0) is 17.9 Å². The summed E-state index contributed by atoms with van der Waals surface area (Å²) in [6.45, 7) is 0.911. The predicted octanol–water partition coefficient (Wildman–Crippen LogP) is 5.08. The molecule has 0 bridgehead atoms. The molecule has 34 heavy (non-hydrogen) atoms. The number of aromatic nitrogens is 1. The van der Waals surface area contributed by atoms with Crippen molar-refractivity contribution in [2.24, 2.45) is 0 Å². The smallest absolute Gasteiger partial charge is 0.270 e. The van der Waals surface area contributed by atoms with Gasteiger partial charge in [-0.15, -0.1) is 0 Å². The quantitative estimate of drug-likeness (QED) is 0.352. The molecular weight excluding hydrogens is 424 g/mol. The second kappa shape index (κ2) is 11.0. The van der Waals surface area contributed by atoms with E-state index in [0.29, 0.717) is 13.2 Å². The molecule has 4 aromatic rings. The molecule has 3 aromatic carbocycles. The minimum Gasteiger partial charge on any atom is -0.489 e. The summed E-state index contributed by atoms with van der Waals surface area (Å²) in [5.41, 5.74) is 2.90. The maximum absolute atomic E-state index is 13.4. The number of ether oxygens (including phenoxy) is 1. The van der Waals surface area contributed by atoms with Gasteiger partial charge < -0.3 is 9.64 Å². The molecule has 0 spiro atoms. The summed E-state index contributed by atoms with van der Waals surface area (Å²) in [7, 11) is 1.73. The minimum atomic E-state index is -0.266. The van der Waals surface area contributed by atoms with Crippen LogP contribution in [0.4, 0.5) is 0 Å². The van der Waals surface area contributed by atoms with Gasteiger partial charge in [-0.1, -0.05) is 78.9 Å². The van der Waals surface area contributed by atoms with Gasteiger partial charge in [-0.3, -0.25) is 14.2 Å². The van der Waals surface area contributed by atoms with E-state index in [1.54, 1.807) is 36.4 Å². The molecule has 5 heteroatoms. The average Bonchev–Trinajstić information content (AvgIpc) is 2.88. The Morgan fingerprint density at radius 2 is 1.44 bits per heavy atom. The monoisotopic (exact) mass is 450 g/mol. The number of carbonyl (C=O) groups is 1. The lowest BCUT2D eigenvalue weighted by atomic mass is 10.1. The molecular formula is C29H26N2O3. The van der Waals surface area contributed by atoms with Crippen molar-refractivity contribution < 1.29 is 9.53 Å². The van der Waals surface area contributed by atoms with Crippen LogP contribution in [0.15, 0.2) is 114 Å². The van der Waals surface area contributed by atoms with Gasteiger partial charge in [-0.25, -0.2) is 0 Å². The van der Waals surface area contributed by atoms with Crippen LogP contribution in [0.1, 0.15) is 16.7 Å². The maximum Gasteiger partial charge on any atom is 0.270 e. The predicted molar refractivity (Wildman–Crippen MR) is 135 cm³/mol. The third-order valence-electron chi connectivity index (χ3n) is 5.34. The fourth-order valence-corrected chi connectivity index (χ4v) is 3.54.